The first-order valence-corrected chi connectivity index (χ1v) is 8.48. The van der Waals surface area contributed by atoms with Crippen LogP contribution in [0, 0.1) is 5.92 Å². The molecular weight excluding hydrogens is 324 g/mol. The third-order valence-electron chi connectivity index (χ3n) is 4.33. The van der Waals surface area contributed by atoms with Crippen molar-refractivity contribution >= 4 is 15.9 Å². The van der Waals surface area contributed by atoms with E-state index >= 15 is 0 Å². The average Bonchev–Trinajstić information content (AvgIpc) is 2.50. The zero-order chi connectivity index (χ0) is 14.7. The summed E-state index contributed by atoms with van der Waals surface area (Å²) in [5, 5.41) is 3.69. The molecule has 0 aliphatic heterocycles. The molecule has 1 N–H and O–H groups in total. The van der Waals surface area contributed by atoms with Gasteiger partial charge >= 0.3 is 0 Å². The molecule has 1 aromatic carbocycles. The van der Waals surface area contributed by atoms with E-state index in [1.54, 1.807) is 0 Å². The highest BCUT2D eigenvalue weighted by atomic mass is 79.9. The maximum absolute atomic E-state index is 4.30. The minimum Gasteiger partial charge on any atom is -0.310 e. The first-order valence-electron chi connectivity index (χ1n) is 7.68. The second-order valence-electron chi connectivity index (χ2n) is 5.75. The van der Waals surface area contributed by atoms with Crippen LogP contribution in [0.5, 0.6) is 0 Å². The van der Waals surface area contributed by atoms with Crippen LogP contribution in [-0.2, 0) is 12.8 Å². The smallest absolute Gasteiger partial charge is 0.0410 e. The monoisotopic (exact) mass is 344 g/mol. The van der Waals surface area contributed by atoms with Gasteiger partial charge in [0.15, 0.2) is 0 Å². The summed E-state index contributed by atoms with van der Waals surface area (Å²) in [5.41, 5.74) is 4.31. The Morgan fingerprint density at radius 2 is 2.14 bits per heavy atom. The zero-order valence-electron chi connectivity index (χ0n) is 12.3. The largest absolute Gasteiger partial charge is 0.310 e. The van der Waals surface area contributed by atoms with E-state index in [0.29, 0.717) is 12.0 Å². The molecule has 21 heavy (non-hydrogen) atoms. The Morgan fingerprint density at radius 1 is 1.29 bits per heavy atom. The molecule has 1 aromatic heterocycles. The minimum atomic E-state index is 0.457. The fourth-order valence-electron chi connectivity index (χ4n) is 3.41. The lowest BCUT2D eigenvalue weighted by Crippen LogP contribution is -2.33. The van der Waals surface area contributed by atoms with Gasteiger partial charge in [0.25, 0.3) is 0 Å². The van der Waals surface area contributed by atoms with Crippen LogP contribution in [0.25, 0.3) is 0 Å². The third-order valence-corrected chi connectivity index (χ3v) is 4.76. The molecule has 3 rings (SSSR count). The average molecular weight is 345 g/mol. The number of benzene rings is 1. The summed E-state index contributed by atoms with van der Waals surface area (Å²) in [6, 6.07) is 11.5. The van der Waals surface area contributed by atoms with E-state index in [9.17, 15) is 0 Å². The van der Waals surface area contributed by atoms with Crippen molar-refractivity contribution < 1.29 is 0 Å². The van der Waals surface area contributed by atoms with Gasteiger partial charge in [0, 0.05) is 22.9 Å². The molecule has 2 atom stereocenters. The topological polar surface area (TPSA) is 24.9 Å². The van der Waals surface area contributed by atoms with E-state index in [-0.39, 0.29) is 0 Å². The van der Waals surface area contributed by atoms with Gasteiger partial charge < -0.3 is 5.32 Å². The van der Waals surface area contributed by atoms with E-state index in [0.717, 1.165) is 17.4 Å². The van der Waals surface area contributed by atoms with Gasteiger partial charge in [-0.25, -0.2) is 0 Å². The van der Waals surface area contributed by atoms with Gasteiger partial charge in [-0.3, -0.25) is 4.98 Å². The molecule has 0 amide bonds. The van der Waals surface area contributed by atoms with E-state index in [2.05, 4.69) is 63.5 Å². The normalized spacial score (nSPS) is 21.0. The number of nitrogens with one attached hydrogen (secondary N) is 1. The predicted octanol–water partition coefficient (Wildman–Crippen LogP) is 4.30. The highest BCUT2D eigenvalue weighted by Crippen LogP contribution is 2.36. The van der Waals surface area contributed by atoms with Gasteiger partial charge in [-0.15, -0.1) is 0 Å². The maximum Gasteiger partial charge on any atom is 0.0410 e. The molecule has 0 saturated heterocycles. The van der Waals surface area contributed by atoms with Gasteiger partial charge in [-0.1, -0.05) is 31.2 Å². The summed E-state index contributed by atoms with van der Waals surface area (Å²) in [6.45, 7) is 3.20. The number of hydrogen-bond acceptors (Lipinski definition) is 2. The second kappa shape index (κ2) is 6.71. The summed E-state index contributed by atoms with van der Waals surface area (Å²) in [5.74, 6) is 0.635. The molecule has 1 heterocycles. The van der Waals surface area contributed by atoms with Crippen molar-refractivity contribution in [2.24, 2.45) is 5.92 Å². The van der Waals surface area contributed by atoms with Crippen molar-refractivity contribution in [1.29, 1.82) is 0 Å². The van der Waals surface area contributed by atoms with E-state index in [1.165, 1.54) is 29.5 Å². The zero-order valence-corrected chi connectivity index (χ0v) is 13.9. The predicted molar refractivity (Wildman–Crippen MR) is 90.3 cm³/mol. The molecule has 110 valence electrons. The lowest BCUT2D eigenvalue weighted by atomic mass is 9.77. The summed E-state index contributed by atoms with van der Waals surface area (Å²) < 4.78 is 1.07. The molecule has 0 fully saturated rings. The van der Waals surface area contributed by atoms with Crippen molar-refractivity contribution in [3.63, 3.8) is 0 Å². The maximum atomic E-state index is 4.30. The van der Waals surface area contributed by atoms with Gasteiger partial charge in [0.05, 0.1) is 0 Å². The number of nitrogens with zero attached hydrogens (tertiary/aromatic N) is 1. The van der Waals surface area contributed by atoms with Crippen molar-refractivity contribution in [1.82, 2.24) is 10.3 Å². The van der Waals surface area contributed by atoms with E-state index in [1.807, 2.05) is 12.4 Å². The number of rotatable bonds is 4. The third kappa shape index (κ3) is 3.35. The molecule has 0 bridgehead atoms. The Kier molecular flexibility index (Phi) is 4.71. The lowest BCUT2D eigenvalue weighted by molar-refractivity contribution is 0.323. The minimum absolute atomic E-state index is 0.457. The van der Waals surface area contributed by atoms with Crippen LogP contribution in [0.2, 0.25) is 0 Å². The number of fused-ring (bicyclic) bond motifs is 1. The lowest BCUT2D eigenvalue weighted by Gasteiger charge is -2.34. The standard InChI is InChI=1S/C18H21BrN2/c1-2-21-18-15(9-13-10-16(19)12-20-11-13)8-7-14-5-3-4-6-17(14)18/h3-6,10-12,15,18,21H,2,7-9H2,1H3. The van der Waals surface area contributed by atoms with Crippen LogP contribution in [0.3, 0.4) is 0 Å². The second-order valence-corrected chi connectivity index (χ2v) is 6.66. The van der Waals surface area contributed by atoms with Gasteiger partial charge in [0.2, 0.25) is 0 Å². The number of aromatic nitrogens is 1. The molecule has 2 aromatic rings. The molecule has 1 aliphatic rings. The molecule has 2 unspecified atom stereocenters. The molecule has 0 radical (unpaired) electrons. The molecule has 1 aliphatic carbocycles. The molecular formula is C18H21BrN2. The molecule has 2 nitrogen and oxygen atoms in total. The Hall–Kier alpha value is -1.19. The van der Waals surface area contributed by atoms with Crippen LogP contribution >= 0.6 is 15.9 Å². The summed E-state index contributed by atoms with van der Waals surface area (Å²) in [6.07, 6.45) is 7.35. The highest BCUT2D eigenvalue weighted by Gasteiger charge is 2.28. The Labute approximate surface area is 135 Å². The van der Waals surface area contributed by atoms with E-state index < -0.39 is 0 Å². The Bertz CT molecular complexity index is 612. The van der Waals surface area contributed by atoms with Crippen molar-refractivity contribution in [2.45, 2.75) is 32.2 Å². The first kappa shape index (κ1) is 14.7. The van der Waals surface area contributed by atoms with Gasteiger partial charge in [0.1, 0.15) is 0 Å². The van der Waals surface area contributed by atoms with Crippen LogP contribution in [-0.4, -0.2) is 11.5 Å². The van der Waals surface area contributed by atoms with Crippen LogP contribution in [0.1, 0.15) is 36.1 Å². The summed E-state index contributed by atoms with van der Waals surface area (Å²) in [4.78, 5) is 4.30. The van der Waals surface area contributed by atoms with Crippen molar-refractivity contribution in [3.8, 4) is 0 Å². The van der Waals surface area contributed by atoms with Crippen molar-refractivity contribution in [2.75, 3.05) is 6.54 Å². The van der Waals surface area contributed by atoms with Gasteiger partial charge in [-0.05, 0) is 70.4 Å². The van der Waals surface area contributed by atoms with Crippen LogP contribution in [0.4, 0.5) is 0 Å². The van der Waals surface area contributed by atoms with Gasteiger partial charge in [-0.2, -0.15) is 0 Å². The number of aryl methyl sites for hydroxylation is 1. The first-order chi connectivity index (χ1) is 10.3. The van der Waals surface area contributed by atoms with Crippen LogP contribution < -0.4 is 5.32 Å². The molecule has 0 spiro atoms. The summed E-state index contributed by atoms with van der Waals surface area (Å²) in [7, 11) is 0. The quantitative estimate of drug-likeness (QED) is 0.894. The molecule has 3 heteroatoms. The number of halogens is 1. The Balaban J connectivity index is 1.85. The van der Waals surface area contributed by atoms with E-state index in [4.69, 9.17) is 0 Å². The Morgan fingerprint density at radius 3 is 2.95 bits per heavy atom. The summed E-state index contributed by atoms with van der Waals surface area (Å²) >= 11 is 3.52. The fraction of sp³-hybridized carbons (Fsp3) is 0.389. The fourth-order valence-corrected chi connectivity index (χ4v) is 3.83. The number of hydrogen-bond donors (Lipinski definition) is 1. The number of pyridine rings is 1. The molecule has 0 saturated carbocycles. The highest BCUT2D eigenvalue weighted by molar-refractivity contribution is 9.10. The SMILES string of the molecule is CCNC1c2ccccc2CCC1Cc1cncc(Br)c1. The van der Waals surface area contributed by atoms with Crippen molar-refractivity contribution in [3.05, 3.63) is 63.9 Å². The van der Waals surface area contributed by atoms with Crippen LogP contribution in [0.15, 0.2) is 47.2 Å².